The van der Waals surface area contributed by atoms with Gasteiger partial charge in [0, 0.05) is 24.2 Å². The molecule has 5 nitrogen and oxygen atoms in total. The molecule has 2 saturated heterocycles. The number of carbonyl (C=O) groups is 2. The number of carboxylic acid groups (broad SMARTS) is 1. The largest absolute Gasteiger partial charge is 0.481 e. The first-order chi connectivity index (χ1) is 12.6. The second-order valence-electron chi connectivity index (χ2n) is 9.04. The van der Waals surface area contributed by atoms with Gasteiger partial charge in [-0.15, -0.1) is 0 Å². The number of aliphatic carboxylic acids is 1. The highest BCUT2D eigenvalue weighted by Gasteiger charge is 2.50. The Hall–Kier alpha value is -1.10. The fourth-order valence-electron chi connectivity index (χ4n) is 6.27. The third-order valence-electron chi connectivity index (χ3n) is 7.54. The van der Waals surface area contributed by atoms with Crippen molar-refractivity contribution in [1.29, 1.82) is 0 Å². The van der Waals surface area contributed by atoms with Crippen LogP contribution < -0.4 is 0 Å². The molecule has 0 aromatic rings. The molecular weight excluding hydrogens is 328 g/mol. The summed E-state index contributed by atoms with van der Waals surface area (Å²) in [5.41, 5.74) is 0. The number of hydrogen-bond acceptors (Lipinski definition) is 3. The fraction of sp³-hybridized carbons (Fsp3) is 0.905. The number of fused-ring (bicyclic) bond motifs is 2. The van der Waals surface area contributed by atoms with Gasteiger partial charge in [0.05, 0.1) is 12.5 Å². The van der Waals surface area contributed by atoms with Crippen LogP contribution in [-0.2, 0) is 9.59 Å². The first-order valence-corrected chi connectivity index (χ1v) is 10.9. The lowest BCUT2D eigenvalue weighted by atomic mass is 9.88. The van der Waals surface area contributed by atoms with Crippen LogP contribution in [0.3, 0.4) is 0 Å². The molecule has 4 fully saturated rings. The van der Waals surface area contributed by atoms with Gasteiger partial charge in [-0.05, 0) is 44.9 Å². The standard InChI is InChI=1S/C21H34N2O3/c24-20(14-22-17-11-12-19(22)18(13-17)21(25)26)23(15-7-3-1-4-8-15)16-9-5-2-6-10-16/h15-19H,1-14H2,(H,25,26). The fourth-order valence-corrected chi connectivity index (χ4v) is 6.27. The molecule has 0 aromatic carbocycles. The zero-order chi connectivity index (χ0) is 18.1. The number of carbonyl (C=O) groups excluding carboxylic acids is 1. The van der Waals surface area contributed by atoms with Crippen molar-refractivity contribution in [2.75, 3.05) is 6.54 Å². The minimum atomic E-state index is -0.675. The molecule has 2 bridgehead atoms. The smallest absolute Gasteiger partial charge is 0.308 e. The quantitative estimate of drug-likeness (QED) is 0.814. The van der Waals surface area contributed by atoms with Gasteiger partial charge in [-0.3, -0.25) is 14.5 Å². The van der Waals surface area contributed by atoms with Crippen LogP contribution in [0.25, 0.3) is 0 Å². The summed E-state index contributed by atoms with van der Waals surface area (Å²) in [4.78, 5) is 29.5. The highest BCUT2D eigenvalue weighted by molar-refractivity contribution is 5.80. The monoisotopic (exact) mass is 362 g/mol. The van der Waals surface area contributed by atoms with Crippen LogP contribution in [0.1, 0.15) is 83.5 Å². The second kappa shape index (κ2) is 7.87. The summed E-state index contributed by atoms with van der Waals surface area (Å²) in [6.45, 7) is 0.451. The topological polar surface area (TPSA) is 60.9 Å². The summed E-state index contributed by atoms with van der Waals surface area (Å²) in [7, 11) is 0. The van der Waals surface area contributed by atoms with E-state index in [0.29, 0.717) is 24.7 Å². The van der Waals surface area contributed by atoms with Crippen LogP contribution in [-0.4, -0.2) is 57.5 Å². The van der Waals surface area contributed by atoms with E-state index in [1.54, 1.807) is 0 Å². The van der Waals surface area contributed by atoms with Gasteiger partial charge in [0.25, 0.3) is 0 Å². The third-order valence-corrected chi connectivity index (χ3v) is 7.54. The number of amides is 1. The van der Waals surface area contributed by atoms with Gasteiger partial charge in [-0.1, -0.05) is 38.5 Å². The highest BCUT2D eigenvalue weighted by Crippen LogP contribution is 2.42. The van der Waals surface area contributed by atoms with Gasteiger partial charge in [0.15, 0.2) is 0 Å². The predicted molar refractivity (Wildman–Crippen MR) is 99.9 cm³/mol. The average molecular weight is 363 g/mol. The molecule has 2 heterocycles. The van der Waals surface area contributed by atoms with Crippen molar-refractivity contribution in [1.82, 2.24) is 9.80 Å². The van der Waals surface area contributed by atoms with Crippen molar-refractivity contribution in [3.63, 3.8) is 0 Å². The predicted octanol–water partition coefficient (Wildman–Crippen LogP) is 3.42. The van der Waals surface area contributed by atoms with Gasteiger partial charge in [-0.2, -0.15) is 0 Å². The van der Waals surface area contributed by atoms with Crippen molar-refractivity contribution < 1.29 is 14.7 Å². The Morgan fingerprint density at radius 2 is 1.42 bits per heavy atom. The van der Waals surface area contributed by atoms with Gasteiger partial charge < -0.3 is 10.0 Å². The van der Waals surface area contributed by atoms with Crippen molar-refractivity contribution in [3.05, 3.63) is 0 Å². The van der Waals surface area contributed by atoms with Crippen LogP contribution >= 0.6 is 0 Å². The van der Waals surface area contributed by atoms with E-state index in [1.807, 2.05) is 0 Å². The summed E-state index contributed by atoms with van der Waals surface area (Å²) in [6.07, 6.45) is 15.0. The summed E-state index contributed by atoms with van der Waals surface area (Å²) in [5.74, 6) is -0.655. The lowest BCUT2D eigenvalue weighted by Crippen LogP contribution is -2.52. The molecule has 0 radical (unpaired) electrons. The molecular formula is C21H34N2O3. The Bertz CT molecular complexity index is 507. The number of carboxylic acids is 1. The first kappa shape index (κ1) is 18.3. The van der Waals surface area contributed by atoms with E-state index in [4.69, 9.17) is 0 Å². The molecule has 26 heavy (non-hydrogen) atoms. The highest BCUT2D eigenvalue weighted by atomic mass is 16.4. The van der Waals surface area contributed by atoms with Crippen LogP contribution in [0, 0.1) is 5.92 Å². The number of nitrogens with zero attached hydrogens (tertiary/aromatic N) is 2. The van der Waals surface area contributed by atoms with E-state index in [9.17, 15) is 14.7 Å². The molecule has 3 atom stereocenters. The van der Waals surface area contributed by atoms with Crippen LogP contribution in [0.5, 0.6) is 0 Å². The van der Waals surface area contributed by atoms with E-state index in [1.165, 1.54) is 38.5 Å². The van der Waals surface area contributed by atoms with E-state index >= 15 is 0 Å². The van der Waals surface area contributed by atoms with Crippen LogP contribution in [0.4, 0.5) is 0 Å². The Kier molecular flexibility index (Phi) is 5.53. The molecule has 1 N–H and O–H groups in total. The molecule has 2 saturated carbocycles. The zero-order valence-corrected chi connectivity index (χ0v) is 15.9. The van der Waals surface area contributed by atoms with Crippen molar-refractivity contribution >= 4 is 11.9 Å². The Morgan fingerprint density at radius 1 is 0.846 bits per heavy atom. The summed E-state index contributed by atoms with van der Waals surface area (Å²) < 4.78 is 0. The molecule has 4 rings (SSSR count). The van der Waals surface area contributed by atoms with Gasteiger partial charge >= 0.3 is 5.97 Å². The number of rotatable bonds is 5. The maximum Gasteiger partial charge on any atom is 0.308 e. The first-order valence-electron chi connectivity index (χ1n) is 10.9. The Morgan fingerprint density at radius 3 is 1.92 bits per heavy atom. The minimum Gasteiger partial charge on any atom is -0.481 e. The van der Waals surface area contributed by atoms with Gasteiger partial charge in [-0.25, -0.2) is 0 Å². The SMILES string of the molecule is O=C(O)C1CC2CCC1N2CC(=O)N(C1CCCCC1)C1CCCCC1. The van der Waals surface area contributed by atoms with Crippen LogP contribution in [0.2, 0.25) is 0 Å². The second-order valence-corrected chi connectivity index (χ2v) is 9.04. The molecule has 0 aromatic heterocycles. The van der Waals surface area contributed by atoms with E-state index in [0.717, 1.165) is 44.9 Å². The van der Waals surface area contributed by atoms with E-state index in [-0.39, 0.29) is 17.9 Å². The van der Waals surface area contributed by atoms with E-state index < -0.39 is 5.97 Å². The van der Waals surface area contributed by atoms with Crippen molar-refractivity contribution in [3.8, 4) is 0 Å². The molecule has 4 aliphatic rings. The molecule has 0 spiro atoms. The Labute approximate surface area is 157 Å². The van der Waals surface area contributed by atoms with Crippen molar-refractivity contribution in [2.45, 2.75) is 108 Å². The molecule has 5 heteroatoms. The zero-order valence-electron chi connectivity index (χ0n) is 15.9. The van der Waals surface area contributed by atoms with Gasteiger partial charge in [0.1, 0.15) is 0 Å². The normalized spacial score (nSPS) is 33.5. The Balaban J connectivity index is 1.46. The summed E-state index contributed by atoms with van der Waals surface area (Å²) in [5, 5.41) is 9.48. The third kappa shape index (κ3) is 3.51. The molecule has 3 unspecified atom stereocenters. The molecule has 1 amide bonds. The summed E-state index contributed by atoms with van der Waals surface area (Å²) >= 11 is 0. The maximum absolute atomic E-state index is 13.4. The molecule has 2 aliphatic heterocycles. The summed E-state index contributed by atoms with van der Waals surface area (Å²) in [6, 6.07) is 1.25. The number of hydrogen-bond donors (Lipinski definition) is 1. The van der Waals surface area contributed by atoms with Gasteiger partial charge in [0.2, 0.25) is 5.91 Å². The molecule has 2 aliphatic carbocycles. The van der Waals surface area contributed by atoms with Crippen molar-refractivity contribution in [2.24, 2.45) is 5.92 Å². The molecule has 146 valence electrons. The van der Waals surface area contributed by atoms with E-state index in [2.05, 4.69) is 9.80 Å². The lowest BCUT2D eigenvalue weighted by molar-refractivity contribution is -0.144. The minimum absolute atomic E-state index is 0.0843. The average Bonchev–Trinajstić information content (AvgIpc) is 3.21. The van der Waals surface area contributed by atoms with Crippen LogP contribution in [0.15, 0.2) is 0 Å². The lowest BCUT2D eigenvalue weighted by Gasteiger charge is -2.42. The maximum atomic E-state index is 13.4.